The molecule has 0 bridgehead atoms. The van der Waals surface area contributed by atoms with Crippen molar-refractivity contribution in [3.05, 3.63) is 70.3 Å². The Hall–Kier alpha value is -3.48. The standard InChI is InChI=1S/C17H14N4O3/c1-21-13-5-3-2-4-12(13)15(22)14(17(21)24)16(23)20-19-10-11-6-8-18-9-7-11/h2-10,22H,1H3,(H,20,23). The normalized spacial score (nSPS) is 11.0. The third-order valence-corrected chi connectivity index (χ3v) is 3.59. The molecule has 0 saturated heterocycles. The van der Waals surface area contributed by atoms with Gasteiger partial charge in [0.25, 0.3) is 11.5 Å². The van der Waals surface area contributed by atoms with E-state index < -0.39 is 11.5 Å². The number of carbonyl (C=O) groups excluding carboxylic acids is 1. The van der Waals surface area contributed by atoms with Crippen LogP contribution in [0.25, 0.3) is 10.9 Å². The van der Waals surface area contributed by atoms with Crippen LogP contribution in [0.4, 0.5) is 0 Å². The van der Waals surface area contributed by atoms with Gasteiger partial charge in [0.2, 0.25) is 0 Å². The van der Waals surface area contributed by atoms with Crippen molar-refractivity contribution in [2.45, 2.75) is 0 Å². The number of hydrogen-bond donors (Lipinski definition) is 2. The number of aromatic nitrogens is 2. The molecule has 0 saturated carbocycles. The maximum Gasteiger partial charge on any atom is 0.280 e. The largest absolute Gasteiger partial charge is 0.506 e. The predicted molar refractivity (Wildman–Crippen MR) is 90.2 cm³/mol. The minimum absolute atomic E-state index is 0.344. The van der Waals surface area contributed by atoms with Gasteiger partial charge in [-0.1, -0.05) is 12.1 Å². The SMILES string of the molecule is Cn1c(=O)c(C(=O)NN=Cc2ccncc2)c(O)c2ccccc21. The highest BCUT2D eigenvalue weighted by molar-refractivity contribution is 6.02. The molecule has 0 radical (unpaired) electrons. The number of hydrazone groups is 1. The third-order valence-electron chi connectivity index (χ3n) is 3.59. The van der Waals surface area contributed by atoms with Crippen LogP contribution < -0.4 is 11.0 Å². The zero-order chi connectivity index (χ0) is 17.1. The van der Waals surface area contributed by atoms with Crippen LogP contribution in [0, 0.1) is 0 Å². The summed E-state index contributed by atoms with van der Waals surface area (Å²) in [4.78, 5) is 28.5. The Balaban J connectivity index is 1.96. The van der Waals surface area contributed by atoms with Gasteiger partial charge in [0, 0.05) is 24.8 Å². The van der Waals surface area contributed by atoms with Crippen LogP contribution in [-0.2, 0) is 7.05 Å². The highest BCUT2D eigenvalue weighted by Crippen LogP contribution is 2.25. The molecule has 120 valence electrons. The van der Waals surface area contributed by atoms with Crippen molar-refractivity contribution in [3.8, 4) is 5.75 Å². The number of aryl methyl sites for hydroxylation is 1. The number of rotatable bonds is 3. The molecule has 0 aliphatic carbocycles. The highest BCUT2D eigenvalue weighted by Gasteiger charge is 2.20. The van der Waals surface area contributed by atoms with E-state index in [-0.39, 0.29) is 11.3 Å². The minimum atomic E-state index is -0.774. The van der Waals surface area contributed by atoms with Crippen molar-refractivity contribution >= 4 is 23.0 Å². The summed E-state index contributed by atoms with van der Waals surface area (Å²) in [6, 6.07) is 10.2. The molecule has 1 amide bonds. The zero-order valence-electron chi connectivity index (χ0n) is 12.8. The molecule has 7 heteroatoms. The lowest BCUT2D eigenvalue weighted by Crippen LogP contribution is -2.30. The highest BCUT2D eigenvalue weighted by atomic mass is 16.3. The summed E-state index contributed by atoms with van der Waals surface area (Å²) >= 11 is 0. The van der Waals surface area contributed by atoms with E-state index in [0.29, 0.717) is 10.9 Å². The van der Waals surface area contributed by atoms with Gasteiger partial charge in [-0.2, -0.15) is 5.10 Å². The van der Waals surface area contributed by atoms with Crippen LogP contribution in [-0.4, -0.2) is 26.8 Å². The minimum Gasteiger partial charge on any atom is -0.506 e. The van der Waals surface area contributed by atoms with Gasteiger partial charge in [-0.05, 0) is 29.8 Å². The molecular formula is C17H14N4O3. The van der Waals surface area contributed by atoms with Gasteiger partial charge in [-0.3, -0.25) is 14.6 Å². The molecular weight excluding hydrogens is 308 g/mol. The number of nitrogens with zero attached hydrogens (tertiary/aromatic N) is 3. The van der Waals surface area contributed by atoms with E-state index in [9.17, 15) is 14.7 Å². The second kappa shape index (κ2) is 6.33. The molecule has 7 nitrogen and oxygen atoms in total. The molecule has 3 aromatic rings. The smallest absolute Gasteiger partial charge is 0.280 e. The Morgan fingerprint density at radius 3 is 2.71 bits per heavy atom. The molecule has 0 fully saturated rings. The fourth-order valence-electron chi connectivity index (χ4n) is 2.35. The number of para-hydroxylation sites is 1. The number of pyridine rings is 2. The summed E-state index contributed by atoms with van der Waals surface area (Å²) in [5, 5.41) is 14.5. The Bertz CT molecular complexity index is 994. The number of benzene rings is 1. The number of amides is 1. The van der Waals surface area contributed by atoms with Crippen LogP contribution in [0.5, 0.6) is 5.75 Å². The molecule has 2 heterocycles. The Labute approximate surface area is 136 Å². The molecule has 0 atom stereocenters. The van der Waals surface area contributed by atoms with Crippen LogP contribution >= 0.6 is 0 Å². The van der Waals surface area contributed by atoms with Crippen molar-refractivity contribution in [1.82, 2.24) is 15.0 Å². The second-order valence-corrected chi connectivity index (χ2v) is 5.08. The summed E-state index contributed by atoms with van der Waals surface area (Å²) in [5.74, 6) is -1.13. The number of fused-ring (bicyclic) bond motifs is 1. The predicted octanol–water partition coefficient (Wildman–Crippen LogP) is 1.40. The van der Waals surface area contributed by atoms with Crippen LogP contribution in [0.15, 0.2) is 58.7 Å². The fourth-order valence-corrected chi connectivity index (χ4v) is 2.35. The van der Waals surface area contributed by atoms with Crippen LogP contribution in [0.3, 0.4) is 0 Å². The lowest BCUT2D eigenvalue weighted by atomic mass is 10.1. The van der Waals surface area contributed by atoms with Gasteiger partial charge >= 0.3 is 0 Å². The molecule has 3 rings (SSSR count). The molecule has 2 N–H and O–H groups in total. The molecule has 24 heavy (non-hydrogen) atoms. The van der Waals surface area contributed by atoms with Gasteiger partial charge in [0.15, 0.2) is 0 Å². The summed E-state index contributed by atoms with van der Waals surface area (Å²) < 4.78 is 1.32. The average Bonchev–Trinajstić information content (AvgIpc) is 2.61. The quantitative estimate of drug-likeness (QED) is 0.563. The second-order valence-electron chi connectivity index (χ2n) is 5.08. The fraction of sp³-hybridized carbons (Fsp3) is 0.0588. The Morgan fingerprint density at radius 2 is 1.96 bits per heavy atom. The van der Waals surface area contributed by atoms with Gasteiger partial charge in [0.1, 0.15) is 11.3 Å². The molecule has 1 aromatic carbocycles. The molecule has 0 unspecified atom stereocenters. The average molecular weight is 322 g/mol. The van der Waals surface area contributed by atoms with E-state index in [4.69, 9.17) is 0 Å². The summed E-state index contributed by atoms with van der Waals surface area (Å²) in [6.45, 7) is 0. The summed E-state index contributed by atoms with van der Waals surface area (Å²) in [6.07, 6.45) is 4.60. The van der Waals surface area contributed by atoms with Gasteiger partial charge in [-0.25, -0.2) is 5.43 Å². The number of carbonyl (C=O) groups is 1. The van der Waals surface area contributed by atoms with Crippen molar-refractivity contribution in [3.63, 3.8) is 0 Å². The first-order chi connectivity index (χ1) is 11.6. The van der Waals surface area contributed by atoms with E-state index in [1.165, 1.54) is 10.8 Å². The van der Waals surface area contributed by atoms with Gasteiger partial charge in [0.05, 0.1) is 11.7 Å². The van der Waals surface area contributed by atoms with Crippen molar-refractivity contribution in [2.75, 3.05) is 0 Å². The zero-order valence-corrected chi connectivity index (χ0v) is 12.8. The number of aromatic hydroxyl groups is 1. The van der Waals surface area contributed by atoms with Crippen molar-refractivity contribution in [2.24, 2.45) is 12.1 Å². The van der Waals surface area contributed by atoms with E-state index >= 15 is 0 Å². The van der Waals surface area contributed by atoms with E-state index in [0.717, 1.165) is 5.56 Å². The Kier molecular flexibility index (Phi) is 4.07. The van der Waals surface area contributed by atoms with Crippen LogP contribution in [0.1, 0.15) is 15.9 Å². The first kappa shape index (κ1) is 15.4. The number of hydrogen-bond acceptors (Lipinski definition) is 5. The first-order valence-electron chi connectivity index (χ1n) is 7.13. The topological polar surface area (TPSA) is 96.6 Å². The molecule has 2 aromatic heterocycles. The Morgan fingerprint density at radius 1 is 1.25 bits per heavy atom. The third kappa shape index (κ3) is 2.74. The van der Waals surface area contributed by atoms with E-state index in [1.807, 2.05) is 0 Å². The molecule has 0 aliphatic heterocycles. The summed E-state index contributed by atoms with van der Waals surface area (Å²) in [7, 11) is 1.54. The van der Waals surface area contributed by atoms with Crippen molar-refractivity contribution in [1.29, 1.82) is 0 Å². The maximum atomic E-state index is 12.4. The van der Waals surface area contributed by atoms with E-state index in [1.54, 1.807) is 55.8 Å². The van der Waals surface area contributed by atoms with Crippen LogP contribution in [0.2, 0.25) is 0 Å². The van der Waals surface area contributed by atoms with Crippen molar-refractivity contribution < 1.29 is 9.90 Å². The number of nitrogens with one attached hydrogen (secondary N) is 1. The summed E-state index contributed by atoms with van der Waals surface area (Å²) in [5.41, 5.74) is 2.59. The maximum absolute atomic E-state index is 12.4. The first-order valence-corrected chi connectivity index (χ1v) is 7.13. The molecule has 0 spiro atoms. The van der Waals surface area contributed by atoms with Gasteiger partial charge in [-0.15, -0.1) is 0 Å². The lowest BCUT2D eigenvalue weighted by molar-refractivity contribution is 0.0950. The van der Waals surface area contributed by atoms with Gasteiger partial charge < -0.3 is 9.67 Å². The van der Waals surface area contributed by atoms with E-state index in [2.05, 4.69) is 15.5 Å². The lowest BCUT2D eigenvalue weighted by Gasteiger charge is -2.10. The monoisotopic (exact) mass is 322 g/mol. The molecule has 0 aliphatic rings.